The van der Waals surface area contributed by atoms with Crippen LogP contribution in [0.5, 0.6) is 0 Å². The Morgan fingerprint density at radius 3 is 2.31 bits per heavy atom. The SMILES string of the molecule is Cc1nnc(-c2ccc(-n3cc(C(=O)O)c(=O)n(Cc4cccc(C(F)(F)F)c4C)c3=O)cc2)o1. The molecule has 0 bridgehead atoms. The van der Waals surface area contributed by atoms with Gasteiger partial charge in [0.25, 0.3) is 5.56 Å². The zero-order chi connectivity index (χ0) is 25.5. The van der Waals surface area contributed by atoms with Gasteiger partial charge in [-0.2, -0.15) is 13.2 Å². The third-order valence-electron chi connectivity index (χ3n) is 5.40. The molecule has 9 nitrogen and oxygen atoms in total. The van der Waals surface area contributed by atoms with Crippen LogP contribution in [0.15, 0.2) is 62.7 Å². The van der Waals surface area contributed by atoms with Crippen LogP contribution in [-0.4, -0.2) is 30.4 Å². The first-order valence-corrected chi connectivity index (χ1v) is 10.1. The van der Waals surface area contributed by atoms with E-state index >= 15 is 0 Å². The molecule has 12 heteroatoms. The normalized spacial score (nSPS) is 11.6. The first-order valence-electron chi connectivity index (χ1n) is 10.1. The molecule has 0 spiro atoms. The Bertz CT molecular complexity index is 1550. The van der Waals surface area contributed by atoms with Crippen molar-refractivity contribution in [3.05, 3.63) is 97.6 Å². The molecule has 0 aliphatic carbocycles. The number of carboxylic acid groups (broad SMARTS) is 1. The van der Waals surface area contributed by atoms with Crippen LogP contribution in [0.2, 0.25) is 0 Å². The van der Waals surface area contributed by atoms with Crippen molar-refractivity contribution in [1.82, 2.24) is 19.3 Å². The summed E-state index contributed by atoms with van der Waals surface area (Å²) in [6, 6.07) is 9.46. The topological polar surface area (TPSA) is 120 Å². The summed E-state index contributed by atoms with van der Waals surface area (Å²) in [7, 11) is 0. The molecule has 1 N–H and O–H groups in total. The Kier molecular flexibility index (Phi) is 5.89. The highest BCUT2D eigenvalue weighted by atomic mass is 19.4. The van der Waals surface area contributed by atoms with Gasteiger partial charge in [-0.1, -0.05) is 12.1 Å². The summed E-state index contributed by atoms with van der Waals surface area (Å²) in [6.07, 6.45) is -3.75. The van der Waals surface area contributed by atoms with Crippen LogP contribution in [0, 0.1) is 13.8 Å². The lowest BCUT2D eigenvalue weighted by Gasteiger charge is -2.16. The number of aryl methyl sites for hydroxylation is 1. The molecule has 0 saturated heterocycles. The Hall–Kier alpha value is -4.48. The number of carboxylic acids is 1. The van der Waals surface area contributed by atoms with Crippen molar-refractivity contribution >= 4 is 5.97 Å². The molecule has 2 aromatic carbocycles. The molecule has 180 valence electrons. The van der Waals surface area contributed by atoms with Crippen molar-refractivity contribution in [1.29, 1.82) is 0 Å². The lowest BCUT2D eigenvalue weighted by atomic mass is 10.0. The zero-order valence-electron chi connectivity index (χ0n) is 18.3. The second kappa shape index (κ2) is 8.70. The largest absolute Gasteiger partial charge is 0.477 e. The molecule has 0 saturated carbocycles. The number of nitrogens with zero attached hydrogens (tertiary/aromatic N) is 4. The number of rotatable bonds is 5. The summed E-state index contributed by atoms with van der Waals surface area (Å²) in [5.41, 5.74) is -3.05. The summed E-state index contributed by atoms with van der Waals surface area (Å²) >= 11 is 0. The Morgan fingerprint density at radius 2 is 1.74 bits per heavy atom. The van der Waals surface area contributed by atoms with Crippen molar-refractivity contribution in [2.24, 2.45) is 0 Å². The maximum absolute atomic E-state index is 13.3. The molecule has 35 heavy (non-hydrogen) atoms. The van der Waals surface area contributed by atoms with E-state index in [1.165, 1.54) is 25.1 Å². The van der Waals surface area contributed by atoms with Gasteiger partial charge < -0.3 is 9.52 Å². The predicted molar refractivity (Wildman–Crippen MR) is 117 cm³/mol. The van der Waals surface area contributed by atoms with Crippen LogP contribution in [0.4, 0.5) is 13.2 Å². The van der Waals surface area contributed by atoms with Crippen LogP contribution in [0.3, 0.4) is 0 Å². The number of hydrogen-bond acceptors (Lipinski definition) is 6. The van der Waals surface area contributed by atoms with Crippen LogP contribution < -0.4 is 11.2 Å². The third kappa shape index (κ3) is 4.50. The predicted octanol–water partition coefficient (Wildman–Crippen LogP) is 3.43. The van der Waals surface area contributed by atoms with Crippen LogP contribution >= 0.6 is 0 Å². The molecule has 0 aliphatic heterocycles. The number of hydrogen-bond donors (Lipinski definition) is 1. The average Bonchev–Trinajstić information content (AvgIpc) is 3.23. The summed E-state index contributed by atoms with van der Waals surface area (Å²) < 4.78 is 46.8. The highest BCUT2D eigenvalue weighted by molar-refractivity contribution is 5.86. The highest BCUT2D eigenvalue weighted by Gasteiger charge is 2.33. The van der Waals surface area contributed by atoms with E-state index in [0.717, 1.165) is 22.9 Å². The van der Waals surface area contributed by atoms with E-state index in [-0.39, 0.29) is 22.7 Å². The van der Waals surface area contributed by atoms with E-state index in [1.807, 2.05) is 0 Å². The van der Waals surface area contributed by atoms with Gasteiger partial charge in [0, 0.05) is 18.7 Å². The number of aromatic carboxylic acids is 1. The van der Waals surface area contributed by atoms with E-state index in [9.17, 15) is 32.7 Å². The third-order valence-corrected chi connectivity index (χ3v) is 5.40. The van der Waals surface area contributed by atoms with E-state index in [0.29, 0.717) is 16.0 Å². The fourth-order valence-corrected chi connectivity index (χ4v) is 3.58. The summed E-state index contributed by atoms with van der Waals surface area (Å²) in [4.78, 5) is 37.7. The summed E-state index contributed by atoms with van der Waals surface area (Å²) in [5.74, 6) is -1.00. The lowest BCUT2D eigenvalue weighted by Crippen LogP contribution is -2.42. The fourth-order valence-electron chi connectivity index (χ4n) is 3.58. The Balaban J connectivity index is 1.83. The monoisotopic (exact) mass is 486 g/mol. The molecular weight excluding hydrogens is 469 g/mol. The quantitative estimate of drug-likeness (QED) is 0.459. The van der Waals surface area contributed by atoms with Gasteiger partial charge in [-0.3, -0.25) is 13.9 Å². The first kappa shape index (κ1) is 23.7. The average molecular weight is 486 g/mol. The molecule has 4 rings (SSSR count). The maximum Gasteiger partial charge on any atom is 0.416 e. The van der Waals surface area contributed by atoms with Crippen molar-refractivity contribution in [2.75, 3.05) is 0 Å². The van der Waals surface area contributed by atoms with Gasteiger partial charge in [0.05, 0.1) is 17.8 Å². The molecule has 0 unspecified atom stereocenters. The standard InChI is InChI=1S/C23H17F3N4O5/c1-12-15(4-3-5-18(12)23(24,25)26)10-30-20(31)17(21(32)33)11-29(22(30)34)16-8-6-14(7-9-16)19-28-27-13(2)35-19/h3-9,11H,10H2,1-2H3,(H,32,33). The van der Waals surface area contributed by atoms with E-state index < -0.39 is 41.1 Å². The van der Waals surface area contributed by atoms with E-state index in [4.69, 9.17) is 4.42 Å². The van der Waals surface area contributed by atoms with Crippen molar-refractivity contribution in [3.63, 3.8) is 0 Å². The molecule has 0 amide bonds. The van der Waals surface area contributed by atoms with Crippen LogP contribution in [-0.2, 0) is 12.7 Å². The number of benzene rings is 2. The highest BCUT2D eigenvalue weighted by Crippen LogP contribution is 2.33. The smallest absolute Gasteiger partial charge is 0.416 e. The van der Waals surface area contributed by atoms with E-state index in [1.54, 1.807) is 19.1 Å². The van der Waals surface area contributed by atoms with Gasteiger partial charge in [0.1, 0.15) is 5.56 Å². The second-order valence-electron chi connectivity index (χ2n) is 7.65. The number of alkyl halides is 3. The van der Waals surface area contributed by atoms with Crippen molar-refractivity contribution < 1.29 is 27.5 Å². The van der Waals surface area contributed by atoms with Crippen molar-refractivity contribution in [3.8, 4) is 17.1 Å². The number of aromatic nitrogens is 4. The molecule has 2 aromatic heterocycles. The Morgan fingerprint density at radius 1 is 1.06 bits per heavy atom. The number of halogens is 3. The maximum atomic E-state index is 13.3. The number of carbonyl (C=O) groups is 1. The minimum absolute atomic E-state index is 0.0511. The minimum atomic E-state index is -4.63. The molecule has 0 fully saturated rings. The van der Waals surface area contributed by atoms with Crippen LogP contribution in [0.25, 0.3) is 17.1 Å². The molecular formula is C23H17F3N4O5. The lowest BCUT2D eigenvalue weighted by molar-refractivity contribution is -0.138. The van der Waals surface area contributed by atoms with E-state index in [2.05, 4.69) is 10.2 Å². The van der Waals surface area contributed by atoms with Crippen molar-refractivity contribution in [2.45, 2.75) is 26.6 Å². The molecule has 0 radical (unpaired) electrons. The van der Waals surface area contributed by atoms with Gasteiger partial charge in [-0.15, -0.1) is 10.2 Å². The first-order chi connectivity index (χ1) is 16.5. The zero-order valence-corrected chi connectivity index (χ0v) is 18.3. The van der Waals surface area contributed by atoms with Gasteiger partial charge in [-0.05, 0) is 48.4 Å². The molecule has 4 aromatic rings. The van der Waals surface area contributed by atoms with Gasteiger partial charge in [-0.25, -0.2) is 9.59 Å². The summed E-state index contributed by atoms with van der Waals surface area (Å²) in [5, 5.41) is 17.1. The molecule has 0 atom stereocenters. The summed E-state index contributed by atoms with van der Waals surface area (Å²) in [6.45, 7) is 2.29. The van der Waals surface area contributed by atoms with Crippen LogP contribution in [0.1, 0.15) is 32.9 Å². The molecule has 2 heterocycles. The molecule has 0 aliphatic rings. The Labute approximate surface area is 194 Å². The minimum Gasteiger partial charge on any atom is -0.477 e. The van der Waals surface area contributed by atoms with Gasteiger partial charge in [0.15, 0.2) is 0 Å². The fraction of sp³-hybridized carbons (Fsp3) is 0.174. The van der Waals surface area contributed by atoms with Gasteiger partial charge >= 0.3 is 17.8 Å². The van der Waals surface area contributed by atoms with Gasteiger partial charge in [0.2, 0.25) is 11.8 Å². The second-order valence-corrected chi connectivity index (χ2v) is 7.65.